The van der Waals surface area contributed by atoms with Gasteiger partial charge in [0.15, 0.2) is 5.65 Å². The maximum atomic E-state index is 12.2. The maximum absolute atomic E-state index is 12.2. The monoisotopic (exact) mass is 441 g/mol. The van der Waals surface area contributed by atoms with E-state index < -0.39 is 6.61 Å². The van der Waals surface area contributed by atoms with E-state index in [0.29, 0.717) is 10.7 Å². The summed E-state index contributed by atoms with van der Waals surface area (Å²) in [4.78, 5) is 20.9. The van der Waals surface area contributed by atoms with Crippen LogP contribution in [0.2, 0.25) is 0 Å². The Morgan fingerprint density at radius 3 is 2.61 bits per heavy atom. The Hall–Kier alpha value is -3.53. The van der Waals surface area contributed by atoms with Gasteiger partial charge in [-0.3, -0.25) is 4.79 Å². The van der Waals surface area contributed by atoms with E-state index in [9.17, 15) is 13.6 Å². The summed E-state index contributed by atoms with van der Waals surface area (Å²) >= 11 is 1.29. The minimum absolute atomic E-state index is 0.0736. The molecule has 31 heavy (non-hydrogen) atoms. The molecule has 0 unspecified atom stereocenters. The third-order valence-electron chi connectivity index (χ3n) is 4.31. The van der Waals surface area contributed by atoms with Crippen LogP contribution in [0.4, 0.5) is 8.78 Å². The maximum Gasteiger partial charge on any atom is 0.387 e. The van der Waals surface area contributed by atoms with E-state index in [1.165, 1.54) is 30.2 Å². The number of carbonyl (C=O) groups excluding carboxylic acids is 1. The number of thioether (sulfide) groups is 1. The summed E-state index contributed by atoms with van der Waals surface area (Å²) in [6.07, 6.45) is 3.14. The number of rotatable bonds is 8. The van der Waals surface area contributed by atoms with Crippen LogP contribution in [-0.2, 0) is 11.3 Å². The number of nitrogens with zero attached hydrogens (tertiary/aromatic N) is 4. The highest BCUT2D eigenvalue weighted by Crippen LogP contribution is 2.25. The van der Waals surface area contributed by atoms with Gasteiger partial charge in [0.05, 0.1) is 23.0 Å². The Morgan fingerprint density at radius 1 is 1.10 bits per heavy atom. The van der Waals surface area contributed by atoms with Gasteiger partial charge < -0.3 is 10.1 Å². The number of carbonyl (C=O) groups is 1. The van der Waals surface area contributed by atoms with Gasteiger partial charge in [0.2, 0.25) is 5.91 Å². The molecule has 0 saturated carbocycles. The van der Waals surface area contributed by atoms with Crippen LogP contribution in [0.25, 0.3) is 16.7 Å². The Labute approximate surface area is 180 Å². The van der Waals surface area contributed by atoms with Gasteiger partial charge in [0.25, 0.3) is 0 Å². The molecule has 2 aromatic heterocycles. The molecule has 0 bridgehead atoms. The van der Waals surface area contributed by atoms with Crippen LogP contribution in [0.5, 0.6) is 5.75 Å². The van der Waals surface area contributed by atoms with Crippen LogP contribution < -0.4 is 10.1 Å². The molecule has 1 N–H and O–H groups in total. The number of alkyl halides is 2. The normalized spacial score (nSPS) is 11.1. The van der Waals surface area contributed by atoms with E-state index in [4.69, 9.17) is 0 Å². The number of para-hydroxylation sites is 1. The lowest BCUT2D eigenvalue weighted by atomic mass is 10.2. The first kappa shape index (κ1) is 20.7. The highest BCUT2D eigenvalue weighted by molar-refractivity contribution is 8.00. The SMILES string of the molecule is O=C(CSc1ncnc2c1cnn2-c1ccccc1)NCc1ccc(OC(F)F)cc1. The molecule has 0 fully saturated rings. The molecule has 2 heterocycles. The topological polar surface area (TPSA) is 81.9 Å². The van der Waals surface area contributed by atoms with Crippen LogP contribution in [0, 0.1) is 0 Å². The van der Waals surface area contributed by atoms with E-state index in [2.05, 4.69) is 25.1 Å². The van der Waals surface area contributed by atoms with Gasteiger partial charge in [-0.1, -0.05) is 42.1 Å². The van der Waals surface area contributed by atoms with Crippen LogP contribution in [0.15, 0.2) is 72.1 Å². The smallest absolute Gasteiger partial charge is 0.387 e. The highest BCUT2D eigenvalue weighted by atomic mass is 32.2. The Balaban J connectivity index is 1.36. The molecular weight excluding hydrogens is 424 g/mol. The van der Waals surface area contributed by atoms with Gasteiger partial charge in [0, 0.05) is 6.54 Å². The van der Waals surface area contributed by atoms with E-state index in [0.717, 1.165) is 16.6 Å². The Kier molecular flexibility index (Phi) is 6.37. The molecule has 2 aromatic carbocycles. The van der Waals surface area contributed by atoms with Crippen LogP contribution >= 0.6 is 11.8 Å². The lowest BCUT2D eigenvalue weighted by Gasteiger charge is -2.07. The lowest BCUT2D eigenvalue weighted by Crippen LogP contribution is -2.24. The van der Waals surface area contributed by atoms with E-state index in [-0.39, 0.29) is 24.0 Å². The van der Waals surface area contributed by atoms with Crippen molar-refractivity contribution in [3.8, 4) is 11.4 Å². The molecule has 7 nitrogen and oxygen atoms in total. The van der Waals surface area contributed by atoms with Gasteiger partial charge in [-0.05, 0) is 29.8 Å². The van der Waals surface area contributed by atoms with Gasteiger partial charge in [0.1, 0.15) is 17.1 Å². The average Bonchev–Trinajstić information content (AvgIpc) is 3.22. The molecular formula is C21H17F2N5O2S. The zero-order valence-electron chi connectivity index (χ0n) is 16.1. The molecule has 0 radical (unpaired) electrons. The fourth-order valence-electron chi connectivity index (χ4n) is 2.87. The molecule has 0 saturated heterocycles. The number of amides is 1. The second kappa shape index (κ2) is 9.52. The average molecular weight is 441 g/mol. The summed E-state index contributed by atoms with van der Waals surface area (Å²) < 4.78 is 30.4. The third-order valence-corrected chi connectivity index (χ3v) is 5.31. The molecule has 0 spiro atoms. The molecule has 4 rings (SSSR count). The van der Waals surface area contributed by atoms with Crippen molar-refractivity contribution in [2.45, 2.75) is 18.2 Å². The Bertz CT molecular complexity index is 1170. The molecule has 0 aliphatic heterocycles. The first-order valence-electron chi connectivity index (χ1n) is 9.27. The van der Waals surface area contributed by atoms with E-state index in [1.807, 2.05) is 30.3 Å². The number of benzene rings is 2. The number of hydrogen-bond donors (Lipinski definition) is 1. The molecule has 0 aliphatic rings. The summed E-state index contributed by atoms with van der Waals surface area (Å²) in [5.41, 5.74) is 2.32. The fourth-order valence-corrected chi connectivity index (χ4v) is 3.66. The van der Waals surface area contributed by atoms with Crippen LogP contribution in [-0.4, -0.2) is 38.0 Å². The number of fused-ring (bicyclic) bond motifs is 1. The zero-order valence-corrected chi connectivity index (χ0v) is 16.9. The largest absolute Gasteiger partial charge is 0.435 e. The van der Waals surface area contributed by atoms with Gasteiger partial charge in [-0.2, -0.15) is 13.9 Å². The number of nitrogens with one attached hydrogen (secondary N) is 1. The number of ether oxygens (including phenoxy) is 1. The lowest BCUT2D eigenvalue weighted by molar-refractivity contribution is -0.118. The zero-order chi connectivity index (χ0) is 21.6. The minimum atomic E-state index is -2.87. The van der Waals surface area contributed by atoms with Crippen molar-refractivity contribution < 1.29 is 18.3 Å². The summed E-state index contributed by atoms with van der Waals surface area (Å²) in [5.74, 6) is 0.0550. The second-order valence-corrected chi connectivity index (χ2v) is 7.36. The van der Waals surface area contributed by atoms with Crippen molar-refractivity contribution in [2.75, 3.05) is 5.75 Å². The van der Waals surface area contributed by atoms with Crippen molar-refractivity contribution in [2.24, 2.45) is 0 Å². The fraction of sp³-hybridized carbons (Fsp3) is 0.143. The predicted molar refractivity (Wildman–Crippen MR) is 112 cm³/mol. The number of aromatic nitrogens is 4. The molecule has 158 valence electrons. The Morgan fingerprint density at radius 2 is 1.87 bits per heavy atom. The van der Waals surface area contributed by atoms with Crippen molar-refractivity contribution in [1.82, 2.24) is 25.1 Å². The van der Waals surface area contributed by atoms with Gasteiger partial charge in [-0.15, -0.1) is 0 Å². The number of halogens is 2. The van der Waals surface area contributed by atoms with Crippen molar-refractivity contribution in [3.05, 3.63) is 72.7 Å². The highest BCUT2D eigenvalue weighted by Gasteiger charge is 2.13. The quantitative estimate of drug-likeness (QED) is 0.331. The molecule has 1 amide bonds. The summed E-state index contributed by atoms with van der Waals surface area (Å²) in [7, 11) is 0. The van der Waals surface area contributed by atoms with Crippen molar-refractivity contribution in [1.29, 1.82) is 0 Å². The van der Waals surface area contributed by atoms with Crippen molar-refractivity contribution in [3.63, 3.8) is 0 Å². The first-order chi connectivity index (χ1) is 15.1. The third kappa shape index (κ3) is 5.15. The summed E-state index contributed by atoms with van der Waals surface area (Å²) in [5, 5.41) is 8.62. The predicted octanol–water partition coefficient (Wildman–Crippen LogP) is 3.83. The van der Waals surface area contributed by atoms with E-state index >= 15 is 0 Å². The summed E-state index contributed by atoms with van der Waals surface area (Å²) in [6.45, 7) is -2.59. The van der Waals surface area contributed by atoms with Crippen LogP contribution in [0.1, 0.15) is 5.56 Å². The molecule has 10 heteroatoms. The van der Waals surface area contributed by atoms with Gasteiger partial charge >= 0.3 is 6.61 Å². The van der Waals surface area contributed by atoms with Gasteiger partial charge in [-0.25, -0.2) is 14.6 Å². The summed E-state index contributed by atoms with van der Waals surface area (Å²) in [6, 6.07) is 15.7. The molecule has 4 aromatic rings. The minimum Gasteiger partial charge on any atom is -0.435 e. The second-order valence-electron chi connectivity index (χ2n) is 6.40. The standard InChI is InChI=1S/C21H17F2N5O2S/c22-21(23)30-16-8-6-14(7-9-16)10-24-18(29)12-31-20-17-11-27-28(19(17)25-13-26-20)15-4-2-1-3-5-15/h1-9,11,13,21H,10,12H2,(H,24,29). The molecule has 0 atom stereocenters. The van der Waals surface area contributed by atoms with Crippen LogP contribution in [0.3, 0.4) is 0 Å². The van der Waals surface area contributed by atoms with Crippen molar-refractivity contribution >= 4 is 28.7 Å². The number of hydrogen-bond acceptors (Lipinski definition) is 6. The van der Waals surface area contributed by atoms with E-state index in [1.54, 1.807) is 23.0 Å². The first-order valence-corrected chi connectivity index (χ1v) is 10.3. The molecule has 0 aliphatic carbocycles.